The summed E-state index contributed by atoms with van der Waals surface area (Å²) in [5, 5.41) is 1.01. The zero-order chi connectivity index (χ0) is 14.8. The highest BCUT2D eigenvalue weighted by Crippen LogP contribution is 2.34. The lowest BCUT2D eigenvalue weighted by atomic mass is 10.0. The summed E-state index contributed by atoms with van der Waals surface area (Å²) >= 11 is 1.66. The molecule has 2 N–H and O–H groups in total. The Labute approximate surface area is 124 Å². The first kappa shape index (κ1) is 15.2. The van der Waals surface area contributed by atoms with Gasteiger partial charge in [0.25, 0.3) is 0 Å². The smallest absolute Gasteiger partial charge is 0.124 e. The van der Waals surface area contributed by atoms with E-state index in [0.29, 0.717) is 6.61 Å². The Balaban J connectivity index is 2.41. The van der Waals surface area contributed by atoms with E-state index in [1.807, 2.05) is 13.8 Å². The van der Waals surface area contributed by atoms with Gasteiger partial charge in [0.2, 0.25) is 0 Å². The molecular weight excluding hydrogens is 268 g/mol. The van der Waals surface area contributed by atoms with Crippen LogP contribution in [0.25, 0.3) is 10.6 Å². The van der Waals surface area contributed by atoms with Crippen molar-refractivity contribution >= 4 is 11.3 Å². The Morgan fingerprint density at radius 2 is 1.90 bits per heavy atom. The number of hydrogen-bond donors (Lipinski definition) is 1. The number of ether oxygens (including phenoxy) is 1. The highest BCUT2D eigenvalue weighted by Gasteiger charge is 2.23. The molecular formula is C16H22N2OS. The monoisotopic (exact) mass is 290 g/mol. The first-order chi connectivity index (χ1) is 9.45. The van der Waals surface area contributed by atoms with Crippen LogP contribution >= 0.6 is 11.3 Å². The molecule has 2 aromatic rings. The third-order valence-electron chi connectivity index (χ3n) is 3.17. The van der Waals surface area contributed by atoms with E-state index >= 15 is 0 Å². The highest BCUT2D eigenvalue weighted by molar-refractivity contribution is 7.15. The number of aryl methyl sites for hydroxylation is 1. The van der Waals surface area contributed by atoms with Crippen LogP contribution in [0.2, 0.25) is 0 Å². The molecule has 108 valence electrons. The van der Waals surface area contributed by atoms with Crippen LogP contribution in [-0.4, -0.2) is 12.1 Å². The molecule has 0 amide bonds. The molecule has 1 heterocycles. The maximum absolute atomic E-state index is 6.24. The molecule has 0 atom stereocenters. The van der Waals surface area contributed by atoms with Crippen molar-refractivity contribution < 1.29 is 4.74 Å². The molecule has 0 radical (unpaired) electrons. The summed E-state index contributed by atoms with van der Waals surface area (Å²) in [7, 11) is 1.68. The van der Waals surface area contributed by atoms with Gasteiger partial charge in [0, 0.05) is 23.1 Å². The van der Waals surface area contributed by atoms with Crippen molar-refractivity contribution in [2.45, 2.75) is 39.3 Å². The average Bonchev–Trinajstić information content (AvgIpc) is 2.83. The van der Waals surface area contributed by atoms with Crippen LogP contribution < -0.4 is 5.73 Å². The maximum Gasteiger partial charge on any atom is 0.124 e. The lowest BCUT2D eigenvalue weighted by molar-refractivity contribution is 0.180. The van der Waals surface area contributed by atoms with Crippen molar-refractivity contribution in [3.63, 3.8) is 0 Å². The topological polar surface area (TPSA) is 48.1 Å². The zero-order valence-corrected chi connectivity index (χ0v) is 13.4. The summed E-state index contributed by atoms with van der Waals surface area (Å²) in [5.41, 5.74) is 9.26. The quantitative estimate of drug-likeness (QED) is 0.913. The predicted molar refractivity (Wildman–Crippen MR) is 84.9 cm³/mol. The van der Waals surface area contributed by atoms with Gasteiger partial charge in [0.05, 0.1) is 12.3 Å². The number of nitrogens with two attached hydrogens (primary N) is 1. The molecule has 0 unspecified atom stereocenters. The van der Waals surface area contributed by atoms with E-state index in [1.54, 1.807) is 18.4 Å². The largest absolute Gasteiger partial charge is 0.378 e. The first-order valence-electron chi connectivity index (χ1n) is 6.83. The molecule has 3 nitrogen and oxygen atoms in total. The van der Waals surface area contributed by atoms with Crippen LogP contribution in [0.3, 0.4) is 0 Å². The van der Waals surface area contributed by atoms with Crippen molar-refractivity contribution in [3.8, 4) is 10.6 Å². The van der Waals surface area contributed by atoms with Crippen molar-refractivity contribution in [2.24, 2.45) is 5.73 Å². The molecule has 0 aliphatic carbocycles. The van der Waals surface area contributed by atoms with Gasteiger partial charge in [-0.1, -0.05) is 31.2 Å². The average molecular weight is 290 g/mol. The number of hydrogen-bond acceptors (Lipinski definition) is 4. The number of methoxy groups -OCH3 is 1. The van der Waals surface area contributed by atoms with Crippen LogP contribution in [0.1, 0.15) is 36.9 Å². The molecule has 1 aromatic carbocycles. The second-order valence-electron chi connectivity index (χ2n) is 5.50. The minimum absolute atomic E-state index is 0.396. The molecule has 0 saturated carbocycles. The van der Waals surface area contributed by atoms with Crippen LogP contribution in [0.15, 0.2) is 24.3 Å². The van der Waals surface area contributed by atoms with E-state index in [-0.39, 0.29) is 0 Å². The lowest BCUT2D eigenvalue weighted by Gasteiger charge is -2.17. The number of rotatable bonds is 5. The molecule has 20 heavy (non-hydrogen) atoms. The van der Waals surface area contributed by atoms with Crippen LogP contribution in [0.4, 0.5) is 0 Å². The number of nitrogens with zero attached hydrogens (tertiary/aromatic N) is 1. The van der Waals surface area contributed by atoms with Crippen molar-refractivity contribution in [1.29, 1.82) is 0 Å². The SMILES string of the molecule is CCc1ccc(-c2nc(COC)c(C(C)(C)N)s2)cc1. The zero-order valence-electron chi connectivity index (χ0n) is 12.6. The van der Waals surface area contributed by atoms with E-state index in [4.69, 9.17) is 15.5 Å². The predicted octanol–water partition coefficient (Wildman–Crippen LogP) is 3.71. The molecule has 0 aliphatic heterocycles. The van der Waals surface area contributed by atoms with E-state index < -0.39 is 5.54 Å². The molecule has 0 fully saturated rings. The summed E-state index contributed by atoms with van der Waals surface area (Å²) in [5.74, 6) is 0. The van der Waals surface area contributed by atoms with E-state index in [0.717, 1.165) is 27.6 Å². The molecule has 0 spiro atoms. The fourth-order valence-electron chi connectivity index (χ4n) is 2.10. The van der Waals surface area contributed by atoms with Crippen molar-refractivity contribution in [3.05, 3.63) is 40.4 Å². The highest BCUT2D eigenvalue weighted by atomic mass is 32.1. The van der Waals surface area contributed by atoms with Crippen LogP contribution in [0, 0.1) is 0 Å². The van der Waals surface area contributed by atoms with Gasteiger partial charge >= 0.3 is 0 Å². The van der Waals surface area contributed by atoms with Gasteiger partial charge in [-0.15, -0.1) is 11.3 Å². The number of thiazole rings is 1. The standard InChI is InChI=1S/C16H22N2OS/c1-5-11-6-8-12(9-7-11)15-18-13(10-19-4)14(20-15)16(2,3)17/h6-9H,5,10,17H2,1-4H3. The minimum Gasteiger partial charge on any atom is -0.378 e. The second kappa shape index (κ2) is 6.04. The molecule has 0 aliphatic rings. The first-order valence-corrected chi connectivity index (χ1v) is 7.64. The van der Waals surface area contributed by atoms with Gasteiger partial charge < -0.3 is 10.5 Å². The maximum atomic E-state index is 6.24. The Morgan fingerprint density at radius 3 is 2.40 bits per heavy atom. The van der Waals surface area contributed by atoms with Gasteiger partial charge in [-0.3, -0.25) is 0 Å². The summed E-state index contributed by atoms with van der Waals surface area (Å²) < 4.78 is 5.24. The summed E-state index contributed by atoms with van der Waals surface area (Å²) in [6.07, 6.45) is 1.05. The van der Waals surface area contributed by atoms with E-state index in [9.17, 15) is 0 Å². The fourth-order valence-corrected chi connectivity index (χ4v) is 3.18. The van der Waals surface area contributed by atoms with Crippen molar-refractivity contribution in [2.75, 3.05) is 7.11 Å². The van der Waals surface area contributed by atoms with E-state index in [1.165, 1.54) is 5.56 Å². The third kappa shape index (κ3) is 3.26. The van der Waals surface area contributed by atoms with Gasteiger partial charge in [0.15, 0.2) is 0 Å². The summed E-state index contributed by atoms with van der Waals surface area (Å²) in [6, 6.07) is 8.56. The Kier molecular flexibility index (Phi) is 4.58. The molecule has 0 saturated heterocycles. The molecule has 0 bridgehead atoms. The molecule has 4 heteroatoms. The molecule has 2 rings (SSSR count). The summed E-state index contributed by atoms with van der Waals surface area (Å²) in [6.45, 7) is 6.66. The van der Waals surface area contributed by atoms with Gasteiger partial charge in [-0.2, -0.15) is 0 Å². The van der Waals surface area contributed by atoms with Gasteiger partial charge in [0.1, 0.15) is 5.01 Å². The van der Waals surface area contributed by atoms with Crippen LogP contribution in [0.5, 0.6) is 0 Å². The molecule has 1 aromatic heterocycles. The lowest BCUT2D eigenvalue weighted by Crippen LogP contribution is -2.28. The van der Waals surface area contributed by atoms with Crippen LogP contribution in [-0.2, 0) is 23.3 Å². The van der Waals surface area contributed by atoms with Gasteiger partial charge in [-0.25, -0.2) is 4.98 Å². The fraction of sp³-hybridized carbons (Fsp3) is 0.438. The van der Waals surface area contributed by atoms with Gasteiger partial charge in [-0.05, 0) is 25.8 Å². The van der Waals surface area contributed by atoms with E-state index in [2.05, 4.69) is 31.2 Å². The van der Waals surface area contributed by atoms with Crippen molar-refractivity contribution in [1.82, 2.24) is 4.98 Å². The number of aromatic nitrogens is 1. The minimum atomic E-state index is -0.396. The summed E-state index contributed by atoms with van der Waals surface area (Å²) in [4.78, 5) is 5.80. The Hall–Kier alpha value is -1.23. The number of benzene rings is 1. The second-order valence-corrected chi connectivity index (χ2v) is 6.50. The normalized spacial score (nSPS) is 11.8. The Morgan fingerprint density at radius 1 is 1.25 bits per heavy atom. The third-order valence-corrected chi connectivity index (χ3v) is 4.66. The Bertz CT molecular complexity index is 567.